The molecule has 0 bridgehead atoms. The predicted octanol–water partition coefficient (Wildman–Crippen LogP) is 1.11. The van der Waals surface area contributed by atoms with Gasteiger partial charge in [-0.25, -0.2) is 8.42 Å². The van der Waals surface area contributed by atoms with Crippen molar-refractivity contribution in [1.82, 2.24) is 5.32 Å². The van der Waals surface area contributed by atoms with E-state index in [-0.39, 0.29) is 18.3 Å². The van der Waals surface area contributed by atoms with Gasteiger partial charge in [0.1, 0.15) is 11.8 Å². The number of nitrogens with one attached hydrogen (secondary N) is 1. The molecule has 1 aromatic carbocycles. The summed E-state index contributed by atoms with van der Waals surface area (Å²) in [5, 5.41) is 11.8. The van der Waals surface area contributed by atoms with Crippen molar-refractivity contribution in [2.75, 3.05) is 24.7 Å². The highest BCUT2D eigenvalue weighted by Crippen LogP contribution is 2.19. The van der Waals surface area contributed by atoms with E-state index in [1.54, 1.807) is 0 Å². The minimum absolute atomic E-state index is 0.0257. The van der Waals surface area contributed by atoms with E-state index in [0.717, 1.165) is 12.0 Å². The number of hydrogen-bond acceptors (Lipinski definition) is 5. The third-order valence-electron chi connectivity index (χ3n) is 3.34. The first kappa shape index (κ1) is 14.8. The number of benzene rings is 1. The van der Waals surface area contributed by atoms with Gasteiger partial charge < -0.3 is 10.1 Å². The molecule has 1 fully saturated rings. The predicted molar refractivity (Wildman–Crippen MR) is 76.0 cm³/mol. The van der Waals surface area contributed by atoms with Crippen LogP contribution in [-0.4, -0.2) is 33.1 Å². The average molecular weight is 294 g/mol. The van der Waals surface area contributed by atoms with E-state index >= 15 is 0 Å². The van der Waals surface area contributed by atoms with Crippen molar-refractivity contribution in [2.45, 2.75) is 13.0 Å². The molecular formula is C14H18N2O3S. The lowest BCUT2D eigenvalue weighted by Crippen LogP contribution is -2.23. The molecule has 0 amide bonds. The summed E-state index contributed by atoms with van der Waals surface area (Å²) >= 11 is 0. The zero-order chi connectivity index (χ0) is 14.4. The van der Waals surface area contributed by atoms with Gasteiger partial charge in [0.25, 0.3) is 0 Å². The molecule has 5 nitrogen and oxygen atoms in total. The quantitative estimate of drug-likeness (QED) is 0.850. The highest BCUT2D eigenvalue weighted by molar-refractivity contribution is 7.91. The van der Waals surface area contributed by atoms with E-state index in [9.17, 15) is 8.42 Å². The molecule has 0 saturated carbocycles. The van der Waals surface area contributed by atoms with Crippen LogP contribution in [0.2, 0.25) is 0 Å². The molecule has 1 atom stereocenters. The Kier molecular flexibility index (Phi) is 4.99. The van der Waals surface area contributed by atoms with E-state index in [2.05, 4.69) is 5.32 Å². The van der Waals surface area contributed by atoms with Crippen LogP contribution in [0.5, 0.6) is 5.75 Å². The fourth-order valence-corrected chi connectivity index (χ4v) is 4.21. The van der Waals surface area contributed by atoms with Crippen molar-refractivity contribution in [3.63, 3.8) is 0 Å². The maximum atomic E-state index is 11.4. The molecule has 6 heteroatoms. The monoisotopic (exact) mass is 294 g/mol. The van der Waals surface area contributed by atoms with Crippen LogP contribution >= 0.6 is 0 Å². The first-order valence-electron chi connectivity index (χ1n) is 6.59. The second kappa shape index (κ2) is 6.73. The average Bonchev–Trinajstić information content (AvgIpc) is 2.77. The van der Waals surface area contributed by atoms with Crippen LogP contribution in [0.25, 0.3) is 0 Å². The summed E-state index contributed by atoms with van der Waals surface area (Å²) < 4.78 is 28.1. The summed E-state index contributed by atoms with van der Waals surface area (Å²) in [4.78, 5) is 0. The van der Waals surface area contributed by atoms with Crippen molar-refractivity contribution >= 4 is 9.84 Å². The van der Waals surface area contributed by atoms with Crippen LogP contribution in [0, 0.1) is 17.2 Å². The smallest absolute Gasteiger partial charge is 0.174 e. The largest absolute Gasteiger partial charge is 0.478 e. The maximum absolute atomic E-state index is 11.4. The molecule has 1 heterocycles. The molecular weight excluding hydrogens is 276 g/mol. The van der Waals surface area contributed by atoms with E-state index in [1.165, 1.54) is 0 Å². The van der Waals surface area contributed by atoms with Crippen molar-refractivity contribution in [3.05, 3.63) is 29.8 Å². The molecule has 108 valence electrons. The van der Waals surface area contributed by atoms with Gasteiger partial charge in [-0.1, -0.05) is 18.2 Å². The fourth-order valence-electron chi connectivity index (χ4n) is 2.34. The third kappa shape index (κ3) is 4.22. The molecule has 0 aromatic heterocycles. The maximum Gasteiger partial charge on any atom is 0.174 e. The highest BCUT2D eigenvalue weighted by atomic mass is 32.2. The van der Waals surface area contributed by atoms with Gasteiger partial charge in [0.05, 0.1) is 11.5 Å². The second-order valence-electron chi connectivity index (χ2n) is 4.95. The normalized spacial score (nSPS) is 20.4. The Morgan fingerprint density at radius 1 is 1.40 bits per heavy atom. The molecule has 0 spiro atoms. The molecule has 1 aliphatic heterocycles. The molecule has 1 unspecified atom stereocenters. The van der Waals surface area contributed by atoms with Crippen molar-refractivity contribution in [3.8, 4) is 11.8 Å². The van der Waals surface area contributed by atoms with Crippen molar-refractivity contribution in [2.24, 2.45) is 5.92 Å². The number of nitriles is 1. The Morgan fingerprint density at radius 2 is 2.20 bits per heavy atom. The van der Waals surface area contributed by atoms with Gasteiger partial charge in [-0.05, 0) is 24.9 Å². The Morgan fingerprint density at radius 3 is 2.90 bits per heavy atom. The van der Waals surface area contributed by atoms with Crippen LogP contribution in [0.4, 0.5) is 0 Å². The van der Waals surface area contributed by atoms with Gasteiger partial charge >= 0.3 is 0 Å². The van der Waals surface area contributed by atoms with E-state index < -0.39 is 9.84 Å². The molecule has 20 heavy (non-hydrogen) atoms. The second-order valence-corrected chi connectivity index (χ2v) is 7.18. The summed E-state index contributed by atoms with van der Waals surface area (Å²) in [6.45, 7) is 1.32. The Bertz CT molecular complexity index is 593. The molecule has 1 N–H and O–H groups in total. The van der Waals surface area contributed by atoms with Gasteiger partial charge in [0.15, 0.2) is 16.4 Å². The van der Waals surface area contributed by atoms with E-state index in [0.29, 0.717) is 24.6 Å². The molecule has 1 saturated heterocycles. The first-order valence-corrected chi connectivity index (χ1v) is 8.41. The van der Waals surface area contributed by atoms with Gasteiger partial charge in [-0.2, -0.15) is 5.26 Å². The lowest BCUT2D eigenvalue weighted by Gasteiger charge is -2.12. The van der Waals surface area contributed by atoms with Crippen LogP contribution in [0.3, 0.4) is 0 Å². The number of ether oxygens (including phenoxy) is 1. The molecule has 1 aromatic rings. The summed E-state index contributed by atoms with van der Waals surface area (Å²) in [6.07, 6.45) is 0.738. The van der Waals surface area contributed by atoms with Crippen LogP contribution < -0.4 is 10.1 Å². The SMILES string of the molecule is N#CCOc1ccccc1CNCC1CCS(=O)(=O)C1. The number of rotatable bonds is 6. The number of nitrogens with zero attached hydrogens (tertiary/aromatic N) is 1. The first-order chi connectivity index (χ1) is 9.61. The third-order valence-corrected chi connectivity index (χ3v) is 5.18. The fraction of sp³-hybridized carbons (Fsp3) is 0.500. The number of hydrogen-bond donors (Lipinski definition) is 1. The van der Waals surface area contributed by atoms with Crippen molar-refractivity contribution < 1.29 is 13.2 Å². The zero-order valence-electron chi connectivity index (χ0n) is 11.2. The standard InChI is InChI=1S/C14H18N2O3S/c15-6-7-19-14-4-2-1-3-13(14)10-16-9-12-5-8-20(17,18)11-12/h1-4,12,16H,5,7-11H2. The Balaban J connectivity index is 1.84. The van der Waals surface area contributed by atoms with Gasteiger partial charge in [-0.15, -0.1) is 0 Å². The van der Waals surface area contributed by atoms with Gasteiger partial charge in [0, 0.05) is 12.1 Å². The lowest BCUT2D eigenvalue weighted by molar-refractivity contribution is 0.362. The molecule has 1 aliphatic rings. The van der Waals surface area contributed by atoms with Crippen LogP contribution in [0.1, 0.15) is 12.0 Å². The summed E-state index contributed by atoms with van der Waals surface area (Å²) in [5.41, 5.74) is 0.976. The molecule has 0 aliphatic carbocycles. The van der Waals surface area contributed by atoms with Crippen molar-refractivity contribution in [1.29, 1.82) is 5.26 Å². The van der Waals surface area contributed by atoms with E-state index in [1.807, 2.05) is 30.3 Å². The minimum Gasteiger partial charge on any atom is -0.478 e. The highest BCUT2D eigenvalue weighted by Gasteiger charge is 2.27. The van der Waals surface area contributed by atoms with Crippen LogP contribution in [0.15, 0.2) is 24.3 Å². The number of sulfone groups is 1. The summed E-state index contributed by atoms with van der Waals surface area (Å²) in [6, 6.07) is 9.48. The van der Waals surface area contributed by atoms with Crippen LogP contribution in [-0.2, 0) is 16.4 Å². The van der Waals surface area contributed by atoms with Gasteiger partial charge in [0.2, 0.25) is 0 Å². The minimum atomic E-state index is -2.81. The number of para-hydroxylation sites is 1. The summed E-state index contributed by atoms with van der Waals surface area (Å²) in [5.74, 6) is 1.49. The molecule has 0 radical (unpaired) electrons. The molecule has 2 rings (SSSR count). The Labute approximate surface area is 119 Å². The lowest BCUT2D eigenvalue weighted by atomic mass is 10.1. The summed E-state index contributed by atoms with van der Waals surface area (Å²) in [7, 11) is -2.81. The zero-order valence-corrected chi connectivity index (χ0v) is 12.0. The topological polar surface area (TPSA) is 79.2 Å². The van der Waals surface area contributed by atoms with Gasteiger partial charge in [-0.3, -0.25) is 0 Å². The van der Waals surface area contributed by atoms with E-state index in [4.69, 9.17) is 10.00 Å². The Hall–Kier alpha value is -1.58.